The van der Waals surface area contributed by atoms with Crippen LogP contribution in [0.5, 0.6) is 0 Å². The number of aromatic nitrogens is 1. The fourth-order valence-corrected chi connectivity index (χ4v) is 11.4. The molecular formula is C64H42N2S. The van der Waals surface area contributed by atoms with E-state index in [9.17, 15) is 0 Å². The summed E-state index contributed by atoms with van der Waals surface area (Å²) in [4.78, 5) is 2.40. The number of para-hydroxylation sites is 2. The van der Waals surface area contributed by atoms with Crippen LogP contribution in [0.4, 0.5) is 17.1 Å². The van der Waals surface area contributed by atoms with Crippen LogP contribution in [0, 0.1) is 0 Å². The van der Waals surface area contributed by atoms with Crippen LogP contribution in [0.25, 0.3) is 103 Å². The van der Waals surface area contributed by atoms with Gasteiger partial charge in [0.05, 0.1) is 11.0 Å². The topological polar surface area (TPSA) is 8.17 Å². The molecule has 2 heterocycles. The second-order valence-corrected chi connectivity index (χ2v) is 18.4. The molecule has 13 rings (SSSR count). The number of nitrogens with zero attached hydrogens (tertiary/aromatic N) is 2. The Labute approximate surface area is 393 Å². The van der Waals surface area contributed by atoms with Crippen molar-refractivity contribution in [3.05, 3.63) is 255 Å². The van der Waals surface area contributed by atoms with Crippen LogP contribution in [0.1, 0.15) is 0 Å². The van der Waals surface area contributed by atoms with Crippen molar-refractivity contribution in [3.63, 3.8) is 0 Å². The zero-order valence-electron chi connectivity index (χ0n) is 36.6. The van der Waals surface area contributed by atoms with Gasteiger partial charge in [0.15, 0.2) is 0 Å². The van der Waals surface area contributed by atoms with Gasteiger partial charge in [-0.3, -0.25) is 0 Å². The molecule has 0 aliphatic heterocycles. The monoisotopic (exact) mass is 870 g/mol. The van der Waals surface area contributed by atoms with Crippen LogP contribution in [0.15, 0.2) is 255 Å². The zero-order valence-corrected chi connectivity index (χ0v) is 37.4. The van der Waals surface area contributed by atoms with Gasteiger partial charge in [0.2, 0.25) is 0 Å². The summed E-state index contributed by atoms with van der Waals surface area (Å²) in [6.07, 6.45) is 0. The van der Waals surface area contributed by atoms with E-state index in [1.807, 2.05) is 11.3 Å². The van der Waals surface area contributed by atoms with Gasteiger partial charge in [-0.15, -0.1) is 11.3 Å². The van der Waals surface area contributed by atoms with E-state index in [1.165, 1.54) is 91.7 Å². The highest BCUT2D eigenvalue weighted by atomic mass is 32.1. The molecule has 0 fully saturated rings. The molecule has 11 aromatic carbocycles. The summed E-state index contributed by atoms with van der Waals surface area (Å²) >= 11 is 1.89. The van der Waals surface area contributed by atoms with Gasteiger partial charge in [-0.25, -0.2) is 0 Å². The molecule has 0 saturated carbocycles. The van der Waals surface area contributed by atoms with E-state index >= 15 is 0 Å². The maximum absolute atomic E-state index is 2.40. The molecule has 3 heteroatoms. The van der Waals surface area contributed by atoms with Gasteiger partial charge >= 0.3 is 0 Å². The predicted molar refractivity (Wildman–Crippen MR) is 288 cm³/mol. The average Bonchev–Trinajstić information content (AvgIpc) is 3.96. The number of rotatable bonds is 8. The van der Waals surface area contributed by atoms with Gasteiger partial charge in [-0.05, 0) is 128 Å². The second-order valence-electron chi connectivity index (χ2n) is 17.3. The van der Waals surface area contributed by atoms with Gasteiger partial charge in [-0.2, -0.15) is 0 Å². The highest BCUT2D eigenvalue weighted by Gasteiger charge is 2.18. The molecule has 0 N–H and O–H groups in total. The third kappa shape index (κ3) is 6.88. The lowest BCUT2D eigenvalue weighted by Gasteiger charge is -2.27. The molecule has 0 unspecified atom stereocenters. The number of hydrogen-bond acceptors (Lipinski definition) is 2. The van der Waals surface area contributed by atoms with Crippen molar-refractivity contribution in [2.24, 2.45) is 0 Å². The van der Waals surface area contributed by atoms with Crippen molar-refractivity contribution in [2.45, 2.75) is 0 Å². The van der Waals surface area contributed by atoms with Crippen molar-refractivity contribution < 1.29 is 0 Å². The number of anilines is 3. The third-order valence-corrected chi connectivity index (χ3v) is 14.6. The van der Waals surface area contributed by atoms with Crippen LogP contribution >= 0.6 is 11.3 Å². The minimum atomic E-state index is 1.08. The van der Waals surface area contributed by atoms with Crippen LogP contribution in [-0.2, 0) is 0 Å². The van der Waals surface area contributed by atoms with Crippen LogP contribution < -0.4 is 4.90 Å². The highest BCUT2D eigenvalue weighted by molar-refractivity contribution is 7.26. The first-order valence-corrected chi connectivity index (χ1v) is 23.7. The quantitative estimate of drug-likeness (QED) is 0.148. The molecule has 67 heavy (non-hydrogen) atoms. The molecule has 0 saturated heterocycles. The number of thiophene rings is 1. The smallest absolute Gasteiger partial charge is 0.0541 e. The van der Waals surface area contributed by atoms with Crippen molar-refractivity contribution >= 4 is 81.1 Å². The first-order valence-electron chi connectivity index (χ1n) is 22.9. The maximum Gasteiger partial charge on any atom is 0.0541 e. The lowest BCUT2D eigenvalue weighted by Crippen LogP contribution is -2.10. The summed E-state index contributed by atoms with van der Waals surface area (Å²) < 4.78 is 5.05. The Morgan fingerprint density at radius 2 is 0.776 bits per heavy atom. The molecule has 0 atom stereocenters. The van der Waals surface area contributed by atoms with Gasteiger partial charge in [-0.1, -0.05) is 182 Å². The van der Waals surface area contributed by atoms with Crippen LogP contribution in [0.3, 0.4) is 0 Å². The third-order valence-electron chi connectivity index (χ3n) is 13.4. The number of benzene rings is 11. The Hall–Kier alpha value is -8.50. The molecule has 314 valence electrons. The minimum Gasteiger partial charge on any atom is -0.310 e. The van der Waals surface area contributed by atoms with Crippen molar-refractivity contribution in [1.29, 1.82) is 0 Å². The Morgan fingerprint density at radius 1 is 0.284 bits per heavy atom. The van der Waals surface area contributed by atoms with Gasteiger partial charge in [0.1, 0.15) is 0 Å². The fourth-order valence-electron chi connectivity index (χ4n) is 10.1. The minimum absolute atomic E-state index is 1.08. The molecule has 0 aliphatic carbocycles. The summed E-state index contributed by atoms with van der Waals surface area (Å²) in [5, 5.41) is 7.77. The van der Waals surface area contributed by atoms with E-state index in [2.05, 4.69) is 264 Å². The van der Waals surface area contributed by atoms with Crippen molar-refractivity contribution in [1.82, 2.24) is 4.57 Å². The fraction of sp³-hybridized carbons (Fsp3) is 0. The molecule has 0 aliphatic rings. The molecule has 13 aromatic rings. The first kappa shape index (κ1) is 38.9. The van der Waals surface area contributed by atoms with Gasteiger partial charge < -0.3 is 9.47 Å². The SMILES string of the molecule is c1ccc(-c2cc(-c3ccccc3)cc(N(c3ccc(-c4cccc(-n5c6ccccc6c6ccccc65)c4)cc3)c3ccc(-c4ccc5c(c4)sc4c6ccccc6ccc54)cc3)c2)cc1. The Balaban J connectivity index is 0.917. The van der Waals surface area contributed by atoms with E-state index in [4.69, 9.17) is 0 Å². The molecular weight excluding hydrogens is 829 g/mol. The number of hydrogen-bond donors (Lipinski definition) is 0. The normalized spacial score (nSPS) is 11.6. The summed E-state index contributed by atoms with van der Waals surface area (Å²) in [6, 6.07) is 93.1. The van der Waals surface area contributed by atoms with Crippen molar-refractivity contribution in [3.8, 4) is 50.2 Å². The second kappa shape index (κ2) is 16.2. The highest BCUT2D eigenvalue weighted by Crippen LogP contribution is 2.43. The van der Waals surface area contributed by atoms with E-state index in [0.717, 1.165) is 28.3 Å². The van der Waals surface area contributed by atoms with E-state index in [1.54, 1.807) is 0 Å². The van der Waals surface area contributed by atoms with E-state index in [-0.39, 0.29) is 0 Å². The molecule has 0 bridgehead atoms. The maximum atomic E-state index is 2.40. The summed E-state index contributed by atoms with van der Waals surface area (Å²) in [6.45, 7) is 0. The largest absolute Gasteiger partial charge is 0.310 e. The summed E-state index contributed by atoms with van der Waals surface area (Å²) in [5.74, 6) is 0. The molecule has 2 nitrogen and oxygen atoms in total. The van der Waals surface area contributed by atoms with Crippen LogP contribution in [0.2, 0.25) is 0 Å². The van der Waals surface area contributed by atoms with Gasteiger partial charge in [0, 0.05) is 53.7 Å². The molecule has 2 aromatic heterocycles. The van der Waals surface area contributed by atoms with E-state index in [0.29, 0.717) is 0 Å². The lowest BCUT2D eigenvalue weighted by molar-refractivity contribution is 1.18. The Bertz CT molecular complexity index is 3850. The van der Waals surface area contributed by atoms with Crippen LogP contribution in [-0.4, -0.2) is 4.57 Å². The summed E-state index contributed by atoms with van der Waals surface area (Å²) in [5.41, 5.74) is 16.3. The van der Waals surface area contributed by atoms with E-state index < -0.39 is 0 Å². The lowest BCUT2D eigenvalue weighted by atomic mass is 9.97. The predicted octanol–water partition coefficient (Wildman–Crippen LogP) is 18.4. The Morgan fingerprint density at radius 3 is 1.40 bits per heavy atom. The average molecular weight is 871 g/mol. The standard InChI is InChI=1S/C64H42N2S/c1-3-14-43(15-4-1)50-38-51(44-16-5-2-6-17-44)41-55(40-50)65(53-34-28-46(29-35-53)49-31-36-59-60-37-30-47-18-7-8-21-56(47)64(60)67-63(59)42-49)52-32-26-45(27-33-52)48-19-13-20-54(39-48)66-61-24-11-9-22-57(61)58-23-10-12-25-62(58)66/h1-42H. The molecule has 0 spiro atoms. The summed E-state index contributed by atoms with van der Waals surface area (Å²) in [7, 11) is 0. The first-order chi connectivity index (χ1) is 33.2. The molecule has 0 radical (unpaired) electrons. The number of fused-ring (bicyclic) bond motifs is 8. The van der Waals surface area contributed by atoms with Gasteiger partial charge in [0.25, 0.3) is 0 Å². The molecule has 0 amide bonds. The van der Waals surface area contributed by atoms with Crippen molar-refractivity contribution in [2.75, 3.05) is 4.90 Å². The Kier molecular flexibility index (Phi) is 9.40. The zero-order chi connectivity index (χ0) is 44.3.